The molecule has 1 heterocycles. The van der Waals surface area contributed by atoms with Gasteiger partial charge in [-0.15, -0.1) is 0 Å². The molecule has 0 bridgehead atoms. The van der Waals surface area contributed by atoms with Crippen molar-refractivity contribution < 1.29 is 38.4 Å². The van der Waals surface area contributed by atoms with Crippen LogP contribution in [0.4, 0.5) is 11.4 Å². The van der Waals surface area contributed by atoms with Crippen LogP contribution < -0.4 is 0 Å². The Bertz CT molecular complexity index is 913. The molecule has 0 unspecified atom stereocenters. The van der Waals surface area contributed by atoms with Crippen LogP contribution in [0.5, 0.6) is 0 Å². The minimum atomic E-state index is -1.53. The summed E-state index contributed by atoms with van der Waals surface area (Å²) in [6.07, 6.45) is -3.06. The molecule has 1 aliphatic rings. The molecule has 1 fully saturated rings. The first-order chi connectivity index (χ1) is 14.4. The second kappa shape index (κ2) is 9.07. The Morgan fingerprint density at radius 3 is 1.50 bits per heavy atom. The number of nitrogens with zero attached hydrogens (tertiary/aromatic N) is 2. The zero-order chi connectivity index (χ0) is 21.7. The summed E-state index contributed by atoms with van der Waals surface area (Å²) in [5, 5.41) is 22.2. The third kappa shape index (κ3) is 4.56. The number of nitro groups is 2. The molecular weight excluding hydrogens is 404 g/mol. The van der Waals surface area contributed by atoms with Gasteiger partial charge in [0.25, 0.3) is 24.0 Å². The lowest BCUT2D eigenvalue weighted by Gasteiger charge is -2.30. The Morgan fingerprint density at radius 2 is 1.13 bits per heavy atom. The first kappa shape index (κ1) is 20.8. The van der Waals surface area contributed by atoms with E-state index < -0.39 is 45.7 Å². The summed E-state index contributed by atoms with van der Waals surface area (Å²) >= 11 is 0. The van der Waals surface area contributed by atoms with Crippen LogP contribution >= 0.6 is 0 Å². The predicted octanol–water partition coefficient (Wildman–Crippen LogP) is 2.22. The molecule has 3 rings (SSSR count). The highest BCUT2D eigenvalue weighted by molar-refractivity contribution is 5.94. The molecule has 30 heavy (non-hydrogen) atoms. The maximum atomic E-state index is 12.4. The van der Waals surface area contributed by atoms with Crippen LogP contribution in [0.15, 0.2) is 48.5 Å². The van der Waals surface area contributed by atoms with Gasteiger partial charge in [0.15, 0.2) is 0 Å². The van der Waals surface area contributed by atoms with Crippen molar-refractivity contribution in [1.82, 2.24) is 0 Å². The number of carbonyl (C=O) groups excluding carboxylic acids is 2. The maximum absolute atomic E-state index is 12.4. The minimum absolute atomic E-state index is 0.00559. The van der Waals surface area contributed by atoms with E-state index in [-0.39, 0.29) is 24.3 Å². The van der Waals surface area contributed by atoms with E-state index in [4.69, 9.17) is 18.9 Å². The number of hydrogen-bond donors (Lipinski definition) is 0. The number of rotatable bonds is 6. The van der Waals surface area contributed by atoms with Gasteiger partial charge in [-0.25, -0.2) is 9.59 Å². The number of carbonyl (C=O) groups is 2. The van der Waals surface area contributed by atoms with Gasteiger partial charge in [-0.2, -0.15) is 0 Å². The van der Waals surface area contributed by atoms with E-state index in [9.17, 15) is 29.8 Å². The predicted molar refractivity (Wildman–Crippen MR) is 96.5 cm³/mol. The molecule has 0 aliphatic carbocycles. The van der Waals surface area contributed by atoms with Gasteiger partial charge in [0.2, 0.25) is 0 Å². The van der Waals surface area contributed by atoms with Crippen molar-refractivity contribution in [3.63, 3.8) is 0 Å². The lowest BCUT2D eigenvalue weighted by Crippen LogP contribution is -2.44. The highest BCUT2D eigenvalue weighted by atomic mass is 16.8. The first-order valence-electron chi connectivity index (χ1n) is 8.50. The summed E-state index contributed by atoms with van der Waals surface area (Å²) in [7, 11) is 0. The molecule has 0 amide bonds. The number of nitro benzene ring substituents is 2. The van der Waals surface area contributed by atoms with Crippen LogP contribution in [0, 0.1) is 20.2 Å². The van der Waals surface area contributed by atoms with Crippen molar-refractivity contribution in [2.24, 2.45) is 0 Å². The van der Waals surface area contributed by atoms with Gasteiger partial charge in [0.1, 0.15) is 11.1 Å². The highest BCUT2D eigenvalue weighted by Crippen LogP contribution is 2.24. The summed E-state index contributed by atoms with van der Waals surface area (Å²) in [6.45, 7) is -0.0112. The van der Waals surface area contributed by atoms with Gasteiger partial charge in [-0.1, -0.05) is 24.3 Å². The topological polar surface area (TPSA) is 157 Å². The molecule has 12 heteroatoms. The van der Waals surface area contributed by atoms with Gasteiger partial charge in [-0.05, 0) is 12.1 Å². The van der Waals surface area contributed by atoms with E-state index in [0.717, 1.165) is 12.1 Å². The Labute approximate surface area is 168 Å². The fourth-order valence-corrected chi connectivity index (χ4v) is 2.61. The Hall–Kier alpha value is -3.90. The second-order valence-electron chi connectivity index (χ2n) is 5.84. The molecule has 2 aromatic rings. The smallest absolute Gasteiger partial charge is 0.347 e. The molecule has 0 spiro atoms. The number of para-hydroxylation sites is 2. The van der Waals surface area contributed by atoms with E-state index in [1.807, 2.05) is 0 Å². The lowest BCUT2D eigenvalue weighted by molar-refractivity contribution is -0.385. The number of ether oxygens (including phenoxy) is 4. The van der Waals surface area contributed by atoms with Gasteiger partial charge in [0, 0.05) is 12.1 Å². The molecule has 1 saturated heterocycles. The van der Waals surface area contributed by atoms with Gasteiger partial charge >= 0.3 is 11.9 Å². The fraction of sp³-hybridized carbons (Fsp3) is 0.222. The second-order valence-corrected chi connectivity index (χ2v) is 5.84. The quantitative estimate of drug-likeness (QED) is 0.387. The number of benzene rings is 2. The molecular formula is C18H14N2O10. The molecule has 12 nitrogen and oxygen atoms in total. The summed E-state index contributed by atoms with van der Waals surface area (Å²) in [5.74, 6) is -2.19. The molecule has 2 aromatic carbocycles. The van der Waals surface area contributed by atoms with Crippen LogP contribution in [-0.2, 0) is 18.9 Å². The van der Waals surface area contributed by atoms with Crippen LogP contribution in [-0.4, -0.2) is 47.6 Å². The van der Waals surface area contributed by atoms with Crippen molar-refractivity contribution in [2.75, 3.05) is 13.2 Å². The zero-order valence-electron chi connectivity index (χ0n) is 15.2. The minimum Gasteiger partial charge on any atom is -0.425 e. The average Bonchev–Trinajstić information content (AvgIpc) is 2.75. The average molecular weight is 418 g/mol. The van der Waals surface area contributed by atoms with Gasteiger partial charge in [0.05, 0.1) is 23.1 Å². The van der Waals surface area contributed by atoms with E-state index in [2.05, 4.69) is 0 Å². The summed E-state index contributed by atoms with van der Waals surface area (Å²) in [4.78, 5) is 45.5. The first-order valence-corrected chi connectivity index (χ1v) is 8.50. The third-order valence-electron chi connectivity index (χ3n) is 3.96. The van der Waals surface area contributed by atoms with Crippen molar-refractivity contribution >= 4 is 23.3 Å². The van der Waals surface area contributed by atoms with Crippen molar-refractivity contribution in [3.8, 4) is 0 Å². The largest absolute Gasteiger partial charge is 0.425 e. The highest BCUT2D eigenvalue weighted by Gasteiger charge is 2.36. The van der Waals surface area contributed by atoms with Crippen LogP contribution in [0.1, 0.15) is 20.7 Å². The SMILES string of the molecule is O=C(O[C@H]1OCCO[C@@H]1OC(=O)c1ccccc1[N+](=O)[O-])c1ccccc1[N+](=O)[O-]. The standard InChI is InChI=1S/C18H14N2O10/c21-15(11-5-1-3-7-13(11)19(23)24)29-17-18(28-10-9-27-17)30-16(22)12-6-2-4-8-14(12)20(25)26/h1-8,17-18H,9-10H2/t17-,18-/m1/s1. The number of hydrogen-bond acceptors (Lipinski definition) is 10. The summed E-state index contributed by atoms with van der Waals surface area (Å²) in [5.41, 5.74) is -1.62. The normalized spacial score (nSPS) is 18.3. The van der Waals surface area contributed by atoms with E-state index in [0.29, 0.717) is 0 Å². The van der Waals surface area contributed by atoms with Crippen LogP contribution in [0.3, 0.4) is 0 Å². The number of esters is 2. The Morgan fingerprint density at radius 1 is 0.767 bits per heavy atom. The van der Waals surface area contributed by atoms with Crippen LogP contribution in [0.2, 0.25) is 0 Å². The van der Waals surface area contributed by atoms with Crippen molar-refractivity contribution in [2.45, 2.75) is 12.6 Å². The summed E-state index contributed by atoms with van der Waals surface area (Å²) in [6, 6.07) is 10.2. The Kier molecular flexibility index (Phi) is 6.29. The van der Waals surface area contributed by atoms with Crippen LogP contribution in [0.25, 0.3) is 0 Å². The van der Waals surface area contributed by atoms with Crippen molar-refractivity contribution in [3.05, 3.63) is 79.9 Å². The lowest BCUT2D eigenvalue weighted by atomic mass is 10.2. The van der Waals surface area contributed by atoms with E-state index in [1.165, 1.54) is 36.4 Å². The fourth-order valence-electron chi connectivity index (χ4n) is 2.61. The van der Waals surface area contributed by atoms with Gasteiger partial charge < -0.3 is 18.9 Å². The molecule has 0 radical (unpaired) electrons. The molecule has 1 aliphatic heterocycles. The Balaban J connectivity index is 1.76. The third-order valence-corrected chi connectivity index (χ3v) is 3.96. The van der Waals surface area contributed by atoms with E-state index >= 15 is 0 Å². The van der Waals surface area contributed by atoms with Crippen molar-refractivity contribution in [1.29, 1.82) is 0 Å². The van der Waals surface area contributed by atoms with E-state index in [1.54, 1.807) is 0 Å². The zero-order valence-corrected chi connectivity index (χ0v) is 15.2. The molecule has 0 N–H and O–H groups in total. The molecule has 0 saturated carbocycles. The summed E-state index contributed by atoms with van der Waals surface area (Å²) < 4.78 is 20.7. The molecule has 2 atom stereocenters. The van der Waals surface area contributed by atoms with Gasteiger partial charge in [-0.3, -0.25) is 20.2 Å². The molecule has 0 aromatic heterocycles. The molecule has 156 valence electrons. The monoisotopic (exact) mass is 418 g/mol. The maximum Gasteiger partial charge on any atom is 0.347 e.